The molecule has 5 nitrogen and oxygen atoms in total. The van der Waals surface area contributed by atoms with E-state index in [0.717, 1.165) is 34.3 Å². The fraction of sp³-hybridized carbons (Fsp3) is 0.263. The maximum absolute atomic E-state index is 6.02. The summed E-state index contributed by atoms with van der Waals surface area (Å²) in [6.07, 6.45) is 2.88. The first kappa shape index (κ1) is 17.6. The Morgan fingerprint density at radius 1 is 1.12 bits per heavy atom. The third-order valence-electron chi connectivity index (χ3n) is 4.46. The average molecular weight is 388 g/mol. The third kappa shape index (κ3) is 3.38. The van der Waals surface area contributed by atoms with Gasteiger partial charge in [-0.15, -0.1) is 0 Å². The van der Waals surface area contributed by atoms with Crippen LogP contribution in [0.2, 0.25) is 0 Å². The van der Waals surface area contributed by atoms with Crippen LogP contribution in [-0.4, -0.2) is 25.3 Å². The van der Waals surface area contributed by atoms with Gasteiger partial charge in [-0.2, -0.15) is 0 Å². The van der Waals surface area contributed by atoms with Crippen molar-refractivity contribution >= 4 is 34.9 Å². The van der Waals surface area contributed by atoms with Crippen LogP contribution in [-0.2, 0) is 20.9 Å². The number of benzene rings is 2. The Morgan fingerprint density at radius 3 is 2.58 bits per heavy atom. The highest BCUT2D eigenvalue weighted by molar-refractivity contribution is 8.10. The summed E-state index contributed by atoms with van der Waals surface area (Å²) in [5.41, 5.74) is 3.09. The molecule has 26 heavy (non-hydrogen) atoms. The number of aromatic nitrogens is 1. The van der Waals surface area contributed by atoms with Crippen LogP contribution in [0.4, 0.5) is 5.69 Å². The standard InChI is InChI=1S/C19H21N2O3PS/c1-22-15-9-7-14(8-10-15)21-19(25(26)23-11-4-12-24-25)17-13-20-18-6-3-2-5-16(17)18/h2-3,5-10,13,19-21H,4,11-12H2,1H3. The van der Waals surface area contributed by atoms with Crippen LogP contribution < -0.4 is 10.1 Å². The Labute approximate surface area is 157 Å². The lowest BCUT2D eigenvalue weighted by Crippen LogP contribution is -2.19. The van der Waals surface area contributed by atoms with E-state index in [9.17, 15) is 0 Å². The topological polar surface area (TPSA) is 55.5 Å². The summed E-state index contributed by atoms with van der Waals surface area (Å²) in [6.45, 7) is -1.25. The van der Waals surface area contributed by atoms with Crippen molar-refractivity contribution in [3.63, 3.8) is 0 Å². The van der Waals surface area contributed by atoms with E-state index in [1.54, 1.807) is 7.11 Å². The summed E-state index contributed by atoms with van der Waals surface area (Å²) in [7, 11) is 1.66. The molecular weight excluding hydrogens is 367 g/mol. The second-order valence-corrected chi connectivity index (χ2v) is 9.76. The first-order chi connectivity index (χ1) is 12.7. The van der Waals surface area contributed by atoms with Gasteiger partial charge in [0.1, 0.15) is 11.5 Å². The number of rotatable bonds is 5. The normalized spacial score (nSPS) is 17.7. The van der Waals surface area contributed by atoms with Gasteiger partial charge in [0.2, 0.25) is 6.49 Å². The molecule has 1 fully saturated rings. The smallest absolute Gasteiger partial charge is 0.215 e. The average Bonchev–Trinajstić information content (AvgIpc) is 3.11. The van der Waals surface area contributed by atoms with Crippen LogP contribution >= 0.6 is 6.49 Å². The van der Waals surface area contributed by atoms with Crippen molar-refractivity contribution in [2.75, 3.05) is 25.6 Å². The molecule has 7 heteroatoms. The van der Waals surface area contributed by atoms with E-state index in [4.69, 9.17) is 25.6 Å². The van der Waals surface area contributed by atoms with Crippen LogP contribution in [0.1, 0.15) is 17.8 Å². The Bertz CT molecular complexity index is 931. The molecule has 0 aliphatic carbocycles. The first-order valence-electron chi connectivity index (χ1n) is 8.55. The molecule has 2 N–H and O–H groups in total. The van der Waals surface area contributed by atoms with E-state index >= 15 is 0 Å². The van der Waals surface area contributed by atoms with Crippen molar-refractivity contribution < 1.29 is 13.8 Å². The zero-order valence-electron chi connectivity index (χ0n) is 14.5. The lowest BCUT2D eigenvalue weighted by molar-refractivity contribution is 0.175. The van der Waals surface area contributed by atoms with Crippen molar-refractivity contribution in [1.29, 1.82) is 0 Å². The van der Waals surface area contributed by atoms with Gasteiger partial charge in [0.25, 0.3) is 0 Å². The van der Waals surface area contributed by atoms with E-state index in [-0.39, 0.29) is 5.78 Å². The predicted molar refractivity (Wildman–Crippen MR) is 108 cm³/mol. The number of hydrogen-bond acceptors (Lipinski definition) is 5. The molecule has 0 saturated carbocycles. The molecule has 0 amide bonds. The molecule has 1 aliphatic rings. The van der Waals surface area contributed by atoms with Crippen LogP contribution in [0.25, 0.3) is 10.9 Å². The number of H-pyrrole nitrogens is 1. The van der Waals surface area contributed by atoms with Crippen molar-refractivity contribution in [2.24, 2.45) is 0 Å². The molecule has 0 bridgehead atoms. The molecule has 1 atom stereocenters. The largest absolute Gasteiger partial charge is 0.497 e. The Balaban J connectivity index is 1.75. The van der Waals surface area contributed by atoms with E-state index in [2.05, 4.69) is 22.4 Å². The van der Waals surface area contributed by atoms with Gasteiger partial charge in [-0.05, 0) is 48.6 Å². The molecule has 2 heterocycles. The van der Waals surface area contributed by atoms with Gasteiger partial charge in [0.15, 0.2) is 0 Å². The molecule has 1 unspecified atom stereocenters. The summed E-state index contributed by atoms with van der Waals surface area (Å²) < 4.78 is 17.3. The van der Waals surface area contributed by atoms with Crippen LogP contribution in [0.5, 0.6) is 5.75 Å². The monoisotopic (exact) mass is 388 g/mol. The molecule has 4 rings (SSSR count). The van der Waals surface area contributed by atoms with Crippen molar-refractivity contribution in [2.45, 2.75) is 12.2 Å². The number of aromatic amines is 1. The number of ether oxygens (including phenoxy) is 1. The highest BCUT2D eigenvalue weighted by Gasteiger charge is 2.36. The summed E-state index contributed by atoms with van der Waals surface area (Å²) in [5.74, 6) is 0.578. The van der Waals surface area contributed by atoms with E-state index < -0.39 is 6.49 Å². The molecule has 1 aliphatic heterocycles. The Kier molecular flexibility index (Phi) is 5.00. The highest BCUT2D eigenvalue weighted by atomic mass is 32.5. The SMILES string of the molecule is COc1ccc(NC(c2c[nH]c3ccccc23)P2(=S)OCCCO2)cc1. The molecule has 136 valence electrons. The molecule has 3 aromatic rings. The van der Waals surface area contributed by atoms with Crippen LogP contribution in [0, 0.1) is 0 Å². The number of hydrogen-bond donors (Lipinski definition) is 2. The van der Waals surface area contributed by atoms with Gasteiger partial charge in [-0.1, -0.05) is 18.2 Å². The first-order valence-corrected chi connectivity index (χ1v) is 11.3. The minimum Gasteiger partial charge on any atom is -0.497 e. The second kappa shape index (κ2) is 7.41. The van der Waals surface area contributed by atoms with Gasteiger partial charge in [0.05, 0.1) is 20.3 Å². The fourth-order valence-electron chi connectivity index (χ4n) is 3.12. The molecule has 0 radical (unpaired) electrons. The number of anilines is 1. The quantitative estimate of drug-likeness (QED) is 0.600. The fourth-order valence-corrected chi connectivity index (χ4v) is 6.07. The lowest BCUT2D eigenvalue weighted by Gasteiger charge is -2.34. The minimum absolute atomic E-state index is 0.234. The maximum atomic E-state index is 6.02. The second-order valence-electron chi connectivity index (χ2n) is 6.12. The molecular formula is C19H21N2O3PS. The minimum atomic E-state index is -2.53. The van der Waals surface area contributed by atoms with Gasteiger partial charge >= 0.3 is 0 Å². The number of fused-ring (bicyclic) bond motifs is 1. The summed E-state index contributed by atoms with van der Waals surface area (Å²) in [4.78, 5) is 3.33. The molecule has 1 saturated heterocycles. The van der Waals surface area contributed by atoms with Crippen LogP contribution in [0.3, 0.4) is 0 Å². The zero-order chi connectivity index (χ0) is 18.0. The van der Waals surface area contributed by atoms with Gasteiger partial charge in [0, 0.05) is 28.4 Å². The van der Waals surface area contributed by atoms with Gasteiger partial charge in [-0.25, -0.2) is 0 Å². The molecule has 0 spiro atoms. The van der Waals surface area contributed by atoms with Crippen molar-refractivity contribution in [1.82, 2.24) is 4.98 Å². The Morgan fingerprint density at radius 2 is 1.85 bits per heavy atom. The lowest BCUT2D eigenvalue weighted by atomic mass is 10.1. The summed E-state index contributed by atoms with van der Waals surface area (Å²) >= 11 is 5.90. The van der Waals surface area contributed by atoms with E-state index in [1.165, 1.54) is 0 Å². The Hall–Kier alpha value is -1.85. The number of para-hydroxylation sites is 1. The third-order valence-corrected chi connectivity index (χ3v) is 7.85. The van der Waals surface area contributed by atoms with Gasteiger partial charge in [-0.3, -0.25) is 0 Å². The van der Waals surface area contributed by atoms with E-state index in [1.807, 2.05) is 42.6 Å². The number of nitrogens with one attached hydrogen (secondary N) is 2. The van der Waals surface area contributed by atoms with Crippen molar-refractivity contribution in [3.05, 3.63) is 60.3 Å². The zero-order valence-corrected chi connectivity index (χ0v) is 16.2. The maximum Gasteiger partial charge on any atom is 0.215 e. The summed E-state index contributed by atoms with van der Waals surface area (Å²) in [6, 6.07) is 16.0. The molecule has 2 aromatic carbocycles. The molecule has 1 aromatic heterocycles. The van der Waals surface area contributed by atoms with Crippen molar-refractivity contribution in [3.8, 4) is 5.75 Å². The highest BCUT2D eigenvalue weighted by Crippen LogP contribution is 2.63. The summed E-state index contributed by atoms with van der Waals surface area (Å²) in [5, 5.41) is 4.68. The predicted octanol–water partition coefficient (Wildman–Crippen LogP) is 5.03. The van der Waals surface area contributed by atoms with Gasteiger partial charge < -0.3 is 24.1 Å². The number of methoxy groups -OCH3 is 1. The van der Waals surface area contributed by atoms with Crippen LogP contribution in [0.15, 0.2) is 54.7 Å². The van der Waals surface area contributed by atoms with E-state index in [0.29, 0.717) is 13.2 Å².